The minimum Gasteiger partial charge on any atom is -0.379 e. The van der Waals surface area contributed by atoms with Gasteiger partial charge in [-0.1, -0.05) is 0 Å². The van der Waals surface area contributed by atoms with Crippen molar-refractivity contribution in [2.24, 2.45) is 0 Å². The predicted molar refractivity (Wildman–Crippen MR) is 76.5 cm³/mol. The molecular formula is C13H24N2O3S. The third-order valence-electron chi connectivity index (χ3n) is 3.33. The van der Waals surface area contributed by atoms with Crippen molar-refractivity contribution in [3.8, 4) is 0 Å². The van der Waals surface area contributed by atoms with Gasteiger partial charge in [0.15, 0.2) is 0 Å². The quantitative estimate of drug-likeness (QED) is 0.664. The maximum Gasteiger partial charge on any atom is 0.237 e. The zero-order valence-corrected chi connectivity index (χ0v) is 12.2. The molecule has 110 valence electrons. The van der Waals surface area contributed by atoms with E-state index in [4.69, 9.17) is 9.47 Å². The number of carbonyl (C=O) groups excluding carboxylic acids is 1. The molecular weight excluding hydrogens is 264 g/mol. The molecule has 0 aromatic heterocycles. The van der Waals surface area contributed by atoms with Crippen LogP contribution in [-0.4, -0.2) is 62.5 Å². The van der Waals surface area contributed by atoms with E-state index < -0.39 is 0 Å². The molecule has 0 aliphatic carbocycles. The summed E-state index contributed by atoms with van der Waals surface area (Å²) in [6.07, 6.45) is 3.41. The van der Waals surface area contributed by atoms with E-state index in [9.17, 15) is 4.79 Å². The van der Waals surface area contributed by atoms with Gasteiger partial charge in [-0.25, -0.2) is 0 Å². The predicted octanol–water partition coefficient (Wildman–Crippen LogP) is 0.393. The van der Waals surface area contributed by atoms with Crippen molar-refractivity contribution in [1.82, 2.24) is 10.6 Å². The molecule has 2 N–H and O–H groups in total. The second kappa shape index (κ2) is 8.79. The molecule has 0 radical (unpaired) electrons. The second-order valence-corrected chi connectivity index (χ2v) is 6.09. The minimum absolute atomic E-state index is 0.0217. The first-order valence-corrected chi connectivity index (χ1v) is 8.30. The van der Waals surface area contributed by atoms with E-state index in [1.807, 2.05) is 11.8 Å². The fraction of sp³-hybridized carbons (Fsp3) is 0.923. The zero-order chi connectivity index (χ0) is 13.3. The molecule has 6 heteroatoms. The van der Waals surface area contributed by atoms with Crippen molar-refractivity contribution < 1.29 is 14.3 Å². The summed E-state index contributed by atoms with van der Waals surface area (Å²) in [5.74, 6) is 2.09. The zero-order valence-electron chi connectivity index (χ0n) is 11.4. The van der Waals surface area contributed by atoms with E-state index in [1.165, 1.54) is 0 Å². The summed E-state index contributed by atoms with van der Waals surface area (Å²) in [6.45, 7) is 3.86. The maximum absolute atomic E-state index is 11.8. The van der Waals surface area contributed by atoms with E-state index in [1.54, 1.807) is 0 Å². The molecule has 2 aliphatic rings. The highest BCUT2D eigenvalue weighted by molar-refractivity contribution is 7.99. The average Bonchev–Trinajstić information content (AvgIpc) is 2.96. The van der Waals surface area contributed by atoms with Gasteiger partial charge in [0.2, 0.25) is 5.91 Å². The van der Waals surface area contributed by atoms with Gasteiger partial charge in [0, 0.05) is 37.8 Å². The number of amides is 1. The van der Waals surface area contributed by atoms with Crippen molar-refractivity contribution in [2.75, 3.05) is 44.4 Å². The molecule has 2 fully saturated rings. The molecule has 0 spiro atoms. The van der Waals surface area contributed by atoms with E-state index in [-0.39, 0.29) is 18.1 Å². The standard InChI is InChI=1S/C13H24N2O3S/c16-13(12-10-19-8-5-14-12)15-4-2-6-17-9-11-3-1-7-18-11/h11-12,14H,1-10H2,(H,15,16). The second-order valence-electron chi connectivity index (χ2n) is 4.94. The van der Waals surface area contributed by atoms with Crippen LogP contribution in [0.4, 0.5) is 0 Å². The van der Waals surface area contributed by atoms with Crippen LogP contribution in [0.1, 0.15) is 19.3 Å². The number of hydrogen-bond donors (Lipinski definition) is 2. The lowest BCUT2D eigenvalue weighted by molar-refractivity contribution is -0.122. The summed E-state index contributed by atoms with van der Waals surface area (Å²) in [6, 6.07) is -0.0217. The first kappa shape index (κ1) is 15.1. The van der Waals surface area contributed by atoms with Crippen LogP contribution in [0.3, 0.4) is 0 Å². The smallest absolute Gasteiger partial charge is 0.237 e. The fourth-order valence-electron chi connectivity index (χ4n) is 2.23. The van der Waals surface area contributed by atoms with E-state index in [2.05, 4.69) is 10.6 Å². The van der Waals surface area contributed by atoms with Gasteiger partial charge in [0.25, 0.3) is 0 Å². The third kappa shape index (κ3) is 5.69. The van der Waals surface area contributed by atoms with E-state index in [0.717, 1.165) is 43.9 Å². The van der Waals surface area contributed by atoms with Crippen LogP contribution in [0.15, 0.2) is 0 Å². The lowest BCUT2D eigenvalue weighted by atomic mass is 10.2. The summed E-state index contributed by atoms with van der Waals surface area (Å²) in [5.41, 5.74) is 0. The van der Waals surface area contributed by atoms with Crippen LogP contribution < -0.4 is 10.6 Å². The summed E-state index contributed by atoms with van der Waals surface area (Å²) in [5, 5.41) is 6.18. The Morgan fingerprint density at radius 3 is 3.21 bits per heavy atom. The molecule has 2 atom stereocenters. The highest BCUT2D eigenvalue weighted by Gasteiger charge is 2.20. The number of carbonyl (C=O) groups is 1. The van der Waals surface area contributed by atoms with Gasteiger partial charge in [0.1, 0.15) is 0 Å². The topological polar surface area (TPSA) is 59.6 Å². The molecule has 0 bridgehead atoms. The molecule has 2 heterocycles. The van der Waals surface area contributed by atoms with Gasteiger partial charge in [0.05, 0.1) is 18.8 Å². The Bertz CT molecular complexity index is 267. The highest BCUT2D eigenvalue weighted by Crippen LogP contribution is 2.11. The molecule has 19 heavy (non-hydrogen) atoms. The Kier molecular flexibility index (Phi) is 6.98. The number of nitrogens with one attached hydrogen (secondary N) is 2. The fourth-order valence-corrected chi connectivity index (χ4v) is 3.17. The van der Waals surface area contributed by atoms with Crippen molar-refractivity contribution in [2.45, 2.75) is 31.4 Å². The third-order valence-corrected chi connectivity index (χ3v) is 4.39. The molecule has 2 saturated heterocycles. The van der Waals surface area contributed by atoms with Gasteiger partial charge in [-0.2, -0.15) is 11.8 Å². The Morgan fingerprint density at radius 2 is 2.47 bits per heavy atom. The van der Waals surface area contributed by atoms with Crippen LogP contribution in [0.25, 0.3) is 0 Å². The van der Waals surface area contributed by atoms with Crippen LogP contribution >= 0.6 is 11.8 Å². The number of hydrogen-bond acceptors (Lipinski definition) is 5. The lowest BCUT2D eigenvalue weighted by Gasteiger charge is -2.22. The summed E-state index contributed by atoms with van der Waals surface area (Å²) >= 11 is 1.83. The highest BCUT2D eigenvalue weighted by atomic mass is 32.2. The number of ether oxygens (including phenoxy) is 2. The Labute approximate surface area is 119 Å². The molecule has 0 saturated carbocycles. The number of thioether (sulfide) groups is 1. The van der Waals surface area contributed by atoms with Crippen molar-refractivity contribution in [1.29, 1.82) is 0 Å². The van der Waals surface area contributed by atoms with E-state index >= 15 is 0 Å². The maximum atomic E-state index is 11.8. The summed E-state index contributed by atoms with van der Waals surface area (Å²) < 4.78 is 11.0. The van der Waals surface area contributed by atoms with Crippen LogP contribution in [0.5, 0.6) is 0 Å². The Balaban J connectivity index is 1.43. The van der Waals surface area contributed by atoms with Gasteiger partial charge in [-0.15, -0.1) is 0 Å². The van der Waals surface area contributed by atoms with Crippen LogP contribution in [0.2, 0.25) is 0 Å². The Hall–Kier alpha value is -0.300. The first-order chi connectivity index (χ1) is 9.36. The monoisotopic (exact) mass is 288 g/mol. The van der Waals surface area contributed by atoms with Gasteiger partial charge in [-0.05, 0) is 19.3 Å². The molecule has 5 nitrogen and oxygen atoms in total. The SMILES string of the molecule is O=C(NCCCOCC1CCCO1)C1CSCCN1. The Morgan fingerprint density at radius 1 is 1.53 bits per heavy atom. The van der Waals surface area contributed by atoms with Gasteiger partial charge < -0.3 is 20.1 Å². The van der Waals surface area contributed by atoms with Gasteiger partial charge in [-0.3, -0.25) is 4.79 Å². The molecule has 2 unspecified atom stereocenters. The molecule has 2 aliphatic heterocycles. The lowest BCUT2D eigenvalue weighted by Crippen LogP contribution is -2.49. The summed E-state index contributed by atoms with van der Waals surface area (Å²) in [4.78, 5) is 11.8. The van der Waals surface area contributed by atoms with E-state index in [0.29, 0.717) is 19.8 Å². The van der Waals surface area contributed by atoms with Crippen LogP contribution in [0, 0.1) is 0 Å². The summed E-state index contributed by atoms with van der Waals surface area (Å²) in [7, 11) is 0. The normalized spacial score (nSPS) is 27.4. The van der Waals surface area contributed by atoms with Crippen molar-refractivity contribution in [3.63, 3.8) is 0 Å². The van der Waals surface area contributed by atoms with Gasteiger partial charge >= 0.3 is 0 Å². The minimum atomic E-state index is -0.0217. The first-order valence-electron chi connectivity index (χ1n) is 7.14. The molecule has 0 aromatic rings. The molecule has 2 rings (SSSR count). The number of rotatable bonds is 7. The molecule has 0 aromatic carbocycles. The van der Waals surface area contributed by atoms with Crippen molar-refractivity contribution in [3.05, 3.63) is 0 Å². The average molecular weight is 288 g/mol. The van der Waals surface area contributed by atoms with Crippen molar-refractivity contribution >= 4 is 17.7 Å². The molecule has 1 amide bonds. The largest absolute Gasteiger partial charge is 0.379 e. The van der Waals surface area contributed by atoms with Crippen LogP contribution in [-0.2, 0) is 14.3 Å².